The van der Waals surface area contributed by atoms with Gasteiger partial charge in [0.25, 0.3) is 5.91 Å². The quantitative estimate of drug-likeness (QED) is 0.686. The van der Waals surface area contributed by atoms with Gasteiger partial charge in [-0.05, 0) is 51.0 Å². The average molecular weight is 318 g/mol. The maximum atomic E-state index is 13.1. The molecule has 1 aliphatic heterocycles. The molecule has 0 spiro atoms. The largest absolute Gasteiger partial charge is 0.356 e. The van der Waals surface area contributed by atoms with Crippen molar-refractivity contribution in [1.82, 2.24) is 9.88 Å². The smallest absolute Gasteiger partial charge is 0.255 e. The molecule has 0 fully saturated rings. The van der Waals surface area contributed by atoms with Gasteiger partial charge in [-0.3, -0.25) is 4.79 Å². The van der Waals surface area contributed by atoms with Crippen LogP contribution in [0.1, 0.15) is 54.0 Å². The molecular weight excluding hydrogens is 296 g/mol. The number of hydrogen-bond donors (Lipinski definition) is 1. The second kappa shape index (κ2) is 4.97. The fourth-order valence-corrected chi connectivity index (χ4v) is 3.87. The van der Waals surface area contributed by atoms with Gasteiger partial charge < -0.3 is 9.88 Å². The molecule has 0 saturated heterocycles. The SMILES string of the molecule is Cc1c([C@@H]2c3ccccc3C(=O)N2C(C)(C)C)[nH]c2ccccc12. The summed E-state index contributed by atoms with van der Waals surface area (Å²) in [5, 5.41) is 1.22. The van der Waals surface area contributed by atoms with Gasteiger partial charge in [0.2, 0.25) is 0 Å². The number of carbonyl (C=O) groups excluding carboxylic acids is 1. The summed E-state index contributed by atoms with van der Waals surface area (Å²) in [5.74, 6) is 0.112. The van der Waals surface area contributed by atoms with Gasteiger partial charge in [-0.15, -0.1) is 0 Å². The number of hydrogen-bond acceptors (Lipinski definition) is 1. The number of aromatic nitrogens is 1. The van der Waals surface area contributed by atoms with E-state index in [-0.39, 0.29) is 17.5 Å². The van der Waals surface area contributed by atoms with Crippen LogP contribution in [0.4, 0.5) is 0 Å². The summed E-state index contributed by atoms with van der Waals surface area (Å²) in [7, 11) is 0. The van der Waals surface area contributed by atoms with Crippen LogP contribution < -0.4 is 0 Å². The van der Waals surface area contributed by atoms with E-state index < -0.39 is 0 Å². The maximum absolute atomic E-state index is 13.1. The number of nitrogens with one attached hydrogen (secondary N) is 1. The molecule has 2 heterocycles. The molecule has 0 radical (unpaired) electrons. The topological polar surface area (TPSA) is 36.1 Å². The summed E-state index contributed by atoms with van der Waals surface area (Å²) in [5.41, 5.74) is 5.10. The molecule has 0 aliphatic carbocycles. The number of amides is 1. The third-order valence-electron chi connectivity index (χ3n) is 4.96. The van der Waals surface area contributed by atoms with Crippen LogP contribution in [0.2, 0.25) is 0 Å². The lowest BCUT2D eigenvalue weighted by molar-refractivity contribution is 0.0547. The molecule has 122 valence electrons. The molecule has 3 nitrogen and oxygen atoms in total. The van der Waals surface area contributed by atoms with Crippen LogP contribution in [0.25, 0.3) is 10.9 Å². The van der Waals surface area contributed by atoms with Gasteiger partial charge >= 0.3 is 0 Å². The van der Waals surface area contributed by atoms with E-state index in [2.05, 4.69) is 56.9 Å². The maximum Gasteiger partial charge on any atom is 0.255 e. The number of para-hydroxylation sites is 1. The van der Waals surface area contributed by atoms with Crippen molar-refractivity contribution in [3.63, 3.8) is 0 Å². The van der Waals surface area contributed by atoms with Gasteiger partial charge in [-0.2, -0.15) is 0 Å². The molecule has 3 aromatic rings. The Balaban J connectivity index is 1.99. The highest BCUT2D eigenvalue weighted by Gasteiger charge is 2.44. The summed E-state index contributed by atoms with van der Waals surface area (Å²) < 4.78 is 0. The van der Waals surface area contributed by atoms with Gasteiger partial charge in [0.05, 0.1) is 6.04 Å². The standard InChI is InChI=1S/C21H22N2O/c1-13-14-9-7-8-12-17(14)22-18(13)19-15-10-5-6-11-16(15)20(24)23(19)21(2,3)4/h5-12,19,22H,1-4H3/t19-/m0/s1. The zero-order valence-electron chi connectivity index (χ0n) is 14.6. The van der Waals surface area contributed by atoms with E-state index in [1.807, 2.05) is 29.2 Å². The van der Waals surface area contributed by atoms with Crippen LogP contribution in [-0.2, 0) is 0 Å². The lowest BCUT2D eigenvalue weighted by atomic mass is 9.97. The zero-order chi connectivity index (χ0) is 17.1. The molecule has 1 amide bonds. The second-order valence-corrected chi connectivity index (χ2v) is 7.55. The Labute approximate surface area is 142 Å². The van der Waals surface area contributed by atoms with E-state index in [0.29, 0.717) is 0 Å². The molecule has 1 aromatic heterocycles. The highest BCUT2D eigenvalue weighted by molar-refractivity contribution is 6.00. The van der Waals surface area contributed by atoms with E-state index in [4.69, 9.17) is 0 Å². The Morgan fingerprint density at radius 2 is 1.67 bits per heavy atom. The second-order valence-electron chi connectivity index (χ2n) is 7.55. The number of nitrogens with zero attached hydrogens (tertiary/aromatic N) is 1. The minimum absolute atomic E-state index is 0.0684. The molecule has 0 saturated carbocycles. The van der Waals surface area contributed by atoms with Crippen LogP contribution >= 0.6 is 0 Å². The van der Waals surface area contributed by atoms with Crippen molar-refractivity contribution in [3.8, 4) is 0 Å². The molecule has 24 heavy (non-hydrogen) atoms. The molecule has 2 aromatic carbocycles. The first-order chi connectivity index (χ1) is 11.4. The minimum atomic E-state index is -0.259. The van der Waals surface area contributed by atoms with Crippen LogP contribution in [0.15, 0.2) is 48.5 Å². The van der Waals surface area contributed by atoms with Crippen molar-refractivity contribution in [2.45, 2.75) is 39.3 Å². The average Bonchev–Trinajstić information content (AvgIpc) is 3.03. The van der Waals surface area contributed by atoms with E-state index >= 15 is 0 Å². The van der Waals surface area contributed by atoms with Crippen molar-refractivity contribution in [2.75, 3.05) is 0 Å². The Bertz CT molecular complexity index is 946. The van der Waals surface area contributed by atoms with Gasteiger partial charge in [-0.25, -0.2) is 0 Å². The number of aromatic amines is 1. The highest BCUT2D eigenvalue weighted by atomic mass is 16.2. The lowest BCUT2D eigenvalue weighted by Gasteiger charge is -2.37. The number of H-pyrrole nitrogens is 1. The third kappa shape index (κ3) is 2.01. The van der Waals surface area contributed by atoms with Crippen LogP contribution in [-0.4, -0.2) is 21.3 Å². The highest BCUT2D eigenvalue weighted by Crippen LogP contribution is 2.44. The first kappa shape index (κ1) is 15.0. The Morgan fingerprint density at radius 3 is 2.38 bits per heavy atom. The van der Waals surface area contributed by atoms with Gasteiger partial charge in [-0.1, -0.05) is 36.4 Å². The van der Waals surface area contributed by atoms with Gasteiger partial charge in [0, 0.05) is 27.7 Å². The number of benzene rings is 2. The fraction of sp³-hybridized carbons (Fsp3) is 0.286. The van der Waals surface area contributed by atoms with Crippen molar-refractivity contribution in [1.29, 1.82) is 0 Å². The van der Waals surface area contributed by atoms with E-state index in [9.17, 15) is 4.79 Å². The minimum Gasteiger partial charge on any atom is -0.356 e. The first-order valence-corrected chi connectivity index (χ1v) is 8.39. The summed E-state index contributed by atoms with van der Waals surface area (Å²) in [6, 6.07) is 16.2. The normalized spacial score (nSPS) is 17.6. The van der Waals surface area contributed by atoms with Crippen LogP contribution in [0.3, 0.4) is 0 Å². The number of rotatable bonds is 1. The zero-order valence-corrected chi connectivity index (χ0v) is 14.6. The Hall–Kier alpha value is -2.55. The van der Waals surface area contributed by atoms with E-state index in [1.165, 1.54) is 10.9 Å². The molecule has 1 aliphatic rings. The van der Waals surface area contributed by atoms with Crippen molar-refractivity contribution < 1.29 is 4.79 Å². The van der Waals surface area contributed by atoms with Gasteiger partial charge in [0.1, 0.15) is 0 Å². The lowest BCUT2D eigenvalue weighted by Crippen LogP contribution is -2.44. The Kier molecular flexibility index (Phi) is 3.11. The molecule has 4 rings (SSSR count). The molecular formula is C21H22N2O. The van der Waals surface area contributed by atoms with Crippen molar-refractivity contribution in [3.05, 3.63) is 70.9 Å². The summed E-state index contributed by atoms with van der Waals surface area (Å²) in [6.45, 7) is 8.44. The number of carbonyl (C=O) groups is 1. The summed E-state index contributed by atoms with van der Waals surface area (Å²) in [6.07, 6.45) is 0. The fourth-order valence-electron chi connectivity index (χ4n) is 3.87. The summed E-state index contributed by atoms with van der Waals surface area (Å²) >= 11 is 0. The van der Waals surface area contributed by atoms with E-state index in [0.717, 1.165) is 22.3 Å². The molecule has 0 bridgehead atoms. The molecule has 1 N–H and O–H groups in total. The van der Waals surface area contributed by atoms with Crippen molar-refractivity contribution >= 4 is 16.8 Å². The first-order valence-electron chi connectivity index (χ1n) is 8.39. The van der Waals surface area contributed by atoms with E-state index in [1.54, 1.807) is 0 Å². The summed E-state index contributed by atoms with van der Waals surface area (Å²) in [4.78, 5) is 18.7. The van der Waals surface area contributed by atoms with Crippen LogP contribution in [0, 0.1) is 6.92 Å². The predicted octanol–water partition coefficient (Wildman–Crippen LogP) is 4.82. The Morgan fingerprint density at radius 1 is 1.00 bits per heavy atom. The van der Waals surface area contributed by atoms with Crippen LogP contribution in [0.5, 0.6) is 0 Å². The monoisotopic (exact) mass is 318 g/mol. The predicted molar refractivity (Wildman–Crippen MR) is 97.2 cm³/mol. The van der Waals surface area contributed by atoms with Crippen molar-refractivity contribution in [2.24, 2.45) is 0 Å². The molecule has 3 heteroatoms. The van der Waals surface area contributed by atoms with Gasteiger partial charge in [0.15, 0.2) is 0 Å². The third-order valence-corrected chi connectivity index (χ3v) is 4.96. The molecule has 0 unspecified atom stereocenters. The molecule has 1 atom stereocenters. The number of fused-ring (bicyclic) bond motifs is 2. The number of aryl methyl sites for hydroxylation is 1.